The standard InChI is InChI=1S/C12H16N2O2/c1-2-12(15)14-11-6-5-10(7-13-11)16-8-9-3-4-9/h5-7,9H,2-4,8H2,1H3,(H,13,14,15). The highest BCUT2D eigenvalue weighted by atomic mass is 16.5. The number of hydrogen-bond donors (Lipinski definition) is 1. The molecule has 4 nitrogen and oxygen atoms in total. The molecule has 1 aliphatic carbocycles. The molecule has 1 aromatic heterocycles. The minimum Gasteiger partial charge on any atom is -0.492 e. The summed E-state index contributed by atoms with van der Waals surface area (Å²) >= 11 is 0. The summed E-state index contributed by atoms with van der Waals surface area (Å²) in [5.41, 5.74) is 0. The van der Waals surface area contributed by atoms with Gasteiger partial charge in [0.2, 0.25) is 5.91 Å². The van der Waals surface area contributed by atoms with E-state index in [2.05, 4.69) is 10.3 Å². The minimum atomic E-state index is -0.0286. The van der Waals surface area contributed by atoms with Crippen LogP contribution >= 0.6 is 0 Å². The summed E-state index contributed by atoms with van der Waals surface area (Å²) in [5, 5.41) is 2.69. The number of hydrogen-bond acceptors (Lipinski definition) is 3. The molecule has 0 aliphatic heterocycles. The van der Waals surface area contributed by atoms with Crippen LogP contribution in [0.2, 0.25) is 0 Å². The van der Waals surface area contributed by atoms with Gasteiger partial charge in [0, 0.05) is 6.42 Å². The molecule has 1 aromatic rings. The second-order valence-corrected chi connectivity index (χ2v) is 4.04. The van der Waals surface area contributed by atoms with Crippen LogP contribution in [0.25, 0.3) is 0 Å². The van der Waals surface area contributed by atoms with Gasteiger partial charge in [-0.2, -0.15) is 0 Å². The number of carbonyl (C=O) groups excluding carboxylic acids is 1. The molecule has 1 N–H and O–H groups in total. The lowest BCUT2D eigenvalue weighted by molar-refractivity contribution is -0.115. The van der Waals surface area contributed by atoms with E-state index in [0.717, 1.165) is 18.3 Å². The molecule has 2 rings (SSSR count). The third-order valence-electron chi connectivity index (χ3n) is 2.51. The number of nitrogens with one attached hydrogen (secondary N) is 1. The summed E-state index contributed by atoms with van der Waals surface area (Å²) < 4.78 is 5.54. The predicted octanol–water partition coefficient (Wildman–Crippen LogP) is 2.22. The molecular weight excluding hydrogens is 204 g/mol. The molecule has 0 unspecified atom stereocenters. The SMILES string of the molecule is CCC(=O)Nc1ccc(OCC2CC2)cn1. The predicted molar refractivity (Wildman–Crippen MR) is 61.4 cm³/mol. The van der Waals surface area contributed by atoms with E-state index in [1.54, 1.807) is 12.3 Å². The lowest BCUT2D eigenvalue weighted by Crippen LogP contribution is -2.10. The molecule has 1 saturated carbocycles. The van der Waals surface area contributed by atoms with E-state index >= 15 is 0 Å². The second-order valence-electron chi connectivity index (χ2n) is 4.04. The Balaban J connectivity index is 1.85. The maximum atomic E-state index is 11.1. The molecule has 1 amide bonds. The van der Waals surface area contributed by atoms with Gasteiger partial charge in [0.25, 0.3) is 0 Å². The Hall–Kier alpha value is -1.58. The van der Waals surface area contributed by atoms with Crippen LogP contribution in [-0.4, -0.2) is 17.5 Å². The first-order valence-electron chi connectivity index (χ1n) is 5.66. The van der Waals surface area contributed by atoms with Crippen LogP contribution in [0.4, 0.5) is 5.82 Å². The van der Waals surface area contributed by atoms with Gasteiger partial charge >= 0.3 is 0 Å². The molecule has 1 fully saturated rings. The van der Waals surface area contributed by atoms with E-state index in [1.807, 2.05) is 13.0 Å². The van der Waals surface area contributed by atoms with Crippen molar-refractivity contribution in [2.45, 2.75) is 26.2 Å². The van der Waals surface area contributed by atoms with Crippen molar-refractivity contribution in [3.63, 3.8) is 0 Å². The van der Waals surface area contributed by atoms with Crippen LogP contribution in [0.5, 0.6) is 5.75 Å². The van der Waals surface area contributed by atoms with Crippen LogP contribution in [0.15, 0.2) is 18.3 Å². The van der Waals surface area contributed by atoms with Crippen LogP contribution < -0.4 is 10.1 Å². The van der Waals surface area contributed by atoms with Gasteiger partial charge in [0.15, 0.2) is 0 Å². The van der Waals surface area contributed by atoms with E-state index in [9.17, 15) is 4.79 Å². The van der Waals surface area contributed by atoms with Crippen LogP contribution in [0.3, 0.4) is 0 Å². The van der Waals surface area contributed by atoms with Gasteiger partial charge in [-0.15, -0.1) is 0 Å². The molecule has 86 valence electrons. The molecule has 0 radical (unpaired) electrons. The molecule has 1 aliphatic rings. The average molecular weight is 220 g/mol. The maximum absolute atomic E-state index is 11.1. The first-order valence-corrected chi connectivity index (χ1v) is 5.66. The fourth-order valence-electron chi connectivity index (χ4n) is 1.27. The van der Waals surface area contributed by atoms with Crippen LogP contribution in [0.1, 0.15) is 26.2 Å². The van der Waals surface area contributed by atoms with Crippen LogP contribution in [-0.2, 0) is 4.79 Å². The van der Waals surface area contributed by atoms with Crippen molar-refractivity contribution in [2.75, 3.05) is 11.9 Å². The number of carbonyl (C=O) groups is 1. The van der Waals surface area contributed by atoms with E-state index < -0.39 is 0 Å². The molecule has 1 heterocycles. The van der Waals surface area contributed by atoms with Crippen molar-refractivity contribution in [2.24, 2.45) is 5.92 Å². The summed E-state index contributed by atoms with van der Waals surface area (Å²) in [6.45, 7) is 2.59. The highest BCUT2D eigenvalue weighted by Gasteiger charge is 2.21. The number of rotatable bonds is 5. The summed E-state index contributed by atoms with van der Waals surface area (Å²) in [5.74, 6) is 2.05. The highest BCUT2D eigenvalue weighted by molar-refractivity contribution is 5.89. The van der Waals surface area contributed by atoms with Crippen LogP contribution in [0, 0.1) is 5.92 Å². The maximum Gasteiger partial charge on any atom is 0.225 e. The van der Waals surface area contributed by atoms with Gasteiger partial charge < -0.3 is 10.1 Å². The molecule has 0 bridgehead atoms. The topological polar surface area (TPSA) is 51.2 Å². The molecule has 0 spiro atoms. The van der Waals surface area contributed by atoms with E-state index in [-0.39, 0.29) is 5.91 Å². The molecule has 0 atom stereocenters. The van der Waals surface area contributed by atoms with E-state index in [0.29, 0.717) is 12.2 Å². The Morgan fingerprint density at radius 1 is 1.56 bits per heavy atom. The quantitative estimate of drug-likeness (QED) is 0.827. The molecular formula is C12H16N2O2. The van der Waals surface area contributed by atoms with Gasteiger partial charge in [-0.05, 0) is 30.9 Å². The van der Waals surface area contributed by atoms with Crippen molar-refractivity contribution < 1.29 is 9.53 Å². The smallest absolute Gasteiger partial charge is 0.225 e. The monoisotopic (exact) mass is 220 g/mol. The zero-order chi connectivity index (χ0) is 11.4. The van der Waals surface area contributed by atoms with Crippen molar-refractivity contribution in [3.05, 3.63) is 18.3 Å². The number of aromatic nitrogens is 1. The Kier molecular flexibility index (Phi) is 3.39. The van der Waals surface area contributed by atoms with Crippen molar-refractivity contribution in [3.8, 4) is 5.75 Å². The zero-order valence-electron chi connectivity index (χ0n) is 9.40. The molecule has 0 saturated heterocycles. The Bertz CT molecular complexity index is 358. The average Bonchev–Trinajstić information content (AvgIpc) is 3.12. The highest BCUT2D eigenvalue weighted by Crippen LogP contribution is 2.29. The number of ether oxygens (including phenoxy) is 1. The molecule has 0 aromatic carbocycles. The largest absolute Gasteiger partial charge is 0.492 e. The summed E-state index contributed by atoms with van der Waals surface area (Å²) in [6.07, 6.45) is 4.66. The number of amides is 1. The fraction of sp³-hybridized carbons (Fsp3) is 0.500. The second kappa shape index (κ2) is 4.96. The lowest BCUT2D eigenvalue weighted by Gasteiger charge is -2.06. The Morgan fingerprint density at radius 3 is 2.94 bits per heavy atom. The van der Waals surface area contributed by atoms with Crippen molar-refractivity contribution in [1.29, 1.82) is 0 Å². The van der Waals surface area contributed by atoms with Gasteiger partial charge in [0.1, 0.15) is 11.6 Å². The first kappa shape index (κ1) is 10.9. The van der Waals surface area contributed by atoms with Crippen molar-refractivity contribution in [1.82, 2.24) is 4.98 Å². The summed E-state index contributed by atoms with van der Waals surface area (Å²) in [6, 6.07) is 3.59. The van der Waals surface area contributed by atoms with Gasteiger partial charge in [-0.1, -0.05) is 6.92 Å². The normalized spacial score (nSPS) is 14.6. The van der Waals surface area contributed by atoms with E-state index in [1.165, 1.54) is 12.8 Å². The van der Waals surface area contributed by atoms with Gasteiger partial charge in [-0.25, -0.2) is 4.98 Å². The van der Waals surface area contributed by atoms with Gasteiger partial charge in [0.05, 0.1) is 12.8 Å². The van der Waals surface area contributed by atoms with Gasteiger partial charge in [-0.3, -0.25) is 4.79 Å². The minimum absolute atomic E-state index is 0.0286. The third kappa shape index (κ3) is 3.22. The molecule has 4 heteroatoms. The zero-order valence-corrected chi connectivity index (χ0v) is 9.40. The van der Waals surface area contributed by atoms with Crippen molar-refractivity contribution >= 4 is 11.7 Å². The third-order valence-corrected chi connectivity index (χ3v) is 2.51. The van der Waals surface area contributed by atoms with E-state index in [4.69, 9.17) is 4.74 Å². The number of anilines is 1. The summed E-state index contributed by atoms with van der Waals surface area (Å²) in [7, 11) is 0. The molecule has 16 heavy (non-hydrogen) atoms. The Labute approximate surface area is 95.0 Å². The fourth-order valence-corrected chi connectivity index (χ4v) is 1.27. The number of pyridine rings is 1. The first-order chi connectivity index (χ1) is 7.78. The number of nitrogens with zero attached hydrogens (tertiary/aromatic N) is 1. The Morgan fingerprint density at radius 2 is 2.38 bits per heavy atom. The summed E-state index contributed by atoms with van der Waals surface area (Å²) in [4.78, 5) is 15.2. The lowest BCUT2D eigenvalue weighted by atomic mass is 10.4.